The fraction of sp³-hybridized carbons (Fsp3) is 0.438. The zero-order chi connectivity index (χ0) is 14.4. The van der Waals surface area contributed by atoms with Crippen LogP contribution in [-0.4, -0.2) is 42.3 Å². The number of carbonyl (C=O) groups is 1. The molecule has 0 radical (unpaired) electrons. The van der Waals surface area contributed by atoms with Gasteiger partial charge in [0.15, 0.2) is 0 Å². The Morgan fingerprint density at radius 3 is 3.10 bits per heavy atom. The Morgan fingerprint density at radius 1 is 1.55 bits per heavy atom. The highest BCUT2D eigenvalue weighted by atomic mass is 16.5. The van der Waals surface area contributed by atoms with Crippen LogP contribution in [0, 0.1) is 0 Å². The molecule has 1 aliphatic rings. The van der Waals surface area contributed by atoms with Gasteiger partial charge in [-0.3, -0.25) is 4.90 Å². The van der Waals surface area contributed by atoms with E-state index >= 15 is 0 Å². The van der Waals surface area contributed by atoms with Gasteiger partial charge in [0.25, 0.3) is 0 Å². The minimum Gasteiger partial charge on any atom is -0.478 e. The van der Waals surface area contributed by atoms with Gasteiger partial charge < -0.3 is 9.84 Å². The molecular formula is C16H21NO3. The third-order valence-corrected chi connectivity index (χ3v) is 3.36. The number of carboxylic acids is 1. The van der Waals surface area contributed by atoms with Crippen molar-refractivity contribution in [2.75, 3.05) is 20.2 Å². The Hall–Kier alpha value is -1.65. The van der Waals surface area contributed by atoms with Gasteiger partial charge in [-0.2, -0.15) is 0 Å². The van der Waals surface area contributed by atoms with E-state index in [2.05, 4.69) is 18.0 Å². The molecular weight excluding hydrogens is 254 g/mol. The summed E-state index contributed by atoms with van der Waals surface area (Å²) >= 11 is 0. The summed E-state index contributed by atoms with van der Waals surface area (Å²) in [6.07, 6.45) is 5.44. The molecule has 0 bridgehead atoms. The number of hydrogen-bond donors (Lipinski definition) is 1. The molecule has 0 aliphatic carbocycles. The second kappa shape index (κ2) is 7.22. The first-order chi connectivity index (χ1) is 9.63. The molecule has 0 saturated carbocycles. The molecule has 108 valence electrons. The highest BCUT2D eigenvalue weighted by Crippen LogP contribution is 2.15. The molecule has 4 nitrogen and oxygen atoms in total. The fourth-order valence-electron chi connectivity index (χ4n) is 2.47. The van der Waals surface area contributed by atoms with Gasteiger partial charge in [-0.05, 0) is 37.1 Å². The van der Waals surface area contributed by atoms with Crippen LogP contribution in [0.15, 0.2) is 30.3 Å². The molecule has 1 heterocycles. The first-order valence-corrected chi connectivity index (χ1v) is 6.93. The average molecular weight is 275 g/mol. The van der Waals surface area contributed by atoms with Crippen LogP contribution >= 0.6 is 0 Å². The van der Waals surface area contributed by atoms with Crippen LogP contribution in [0.25, 0.3) is 6.08 Å². The van der Waals surface area contributed by atoms with Gasteiger partial charge in [-0.1, -0.05) is 24.3 Å². The third kappa shape index (κ3) is 4.79. The lowest BCUT2D eigenvalue weighted by atomic mass is 10.1. The number of benzene rings is 1. The largest absolute Gasteiger partial charge is 0.478 e. The number of rotatable bonds is 6. The molecule has 1 N–H and O–H groups in total. The number of ether oxygens (including phenoxy) is 1. The van der Waals surface area contributed by atoms with Gasteiger partial charge in [0, 0.05) is 25.8 Å². The second-order valence-corrected chi connectivity index (χ2v) is 5.25. The molecule has 1 aromatic carbocycles. The molecule has 1 aliphatic heterocycles. The van der Waals surface area contributed by atoms with Crippen molar-refractivity contribution in [3.05, 3.63) is 41.5 Å². The van der Waals surface area contributed by atoms with Crippen molar-refractivity contribution in [2.45, 2.75) is 25.5 Å². The molecule has 2 rings (SSSR count). The van der Waals surface area contributed by atoms with Crippen molar-refractivity contribution in [3.8, 4) is 0 Å². The van der Waals surface area contributed by atoms with Gasteiger partial charge in [0.1, 0.15) is 0 Å². The average Bonchev–Trinajstić information content (AvgIpc) is 2.89. The second-order valence-electron chi connectivity index (χ2n) is 5.25. The van der Waals surface area contributed by atoms with E-state index < -0.39 is 5.97 Å². The summed E-state index contributed by atoms with van der Waals surface area (Å²) in [5.74, 6) is -0.925. The predicted octanol–water partition coefficient (Wildman–Crippen LogP) is 2.40. The maximum absolute atomic E-state index is 10.5. The van der Waals surface area contributed by atoms with Crippen molar-refractivity contribution in [2.24, 2.45) is 0 Å². The molecule has 1 unspecified atom stereocenters. The predicted molar refractivity (Wildman–Crippen MR) is 78.4 cm³/mol. The molecule has 0 aromatic heterocycles. The smallest absolute Gasteiger partial charge is 0.328 e. The molecule has 0 spiro atoms. The number of nitrogens with zero attached hydrogens (tertiary/aromatic N) is 1. The topological polar surface area (TPSA) is 49.8 Å². The lowest BCUT2D eigenvalue weighted by molar-refractivity contribution is -0.131. The number of hydrogen-bond acceptors (Lipinski definition) is 3. The van der Waals surface area contributed by atoms with E-state index in [1.165, 1.54) is 5.56 Å². The maximum atomic E-state index is 10.5. The first kappa shape index (κ1) is 14.8. The first-order valence-electron chi connectivity index (χ1n) is 6.93. The van der Waals surface area contributed by atoms with Crippen molar-refractivity contribution in [3.63, 3.8) is 0 Å². The Labute approximate surface area is 119 Å². The minimum absolute atomic E-state index is 0.357. The Balaban J connectivity index is 1.91. The minimum atomic E-state index is -0.925. The van der Waals surface area contributed by atoms with E-state index in [0.29, 0.717) is 6.10 Å². The van der Waals surface area contributed by atoms with Gasteiger partial charge in [0.05, 0.1) is 6.10 Å². The Kier molecular flexibility index (Phi) is 5.32. The van der Waals surface area contributed by atoms with E-state index in [1.54, 1.807) is 6.08 Å². The van der Waals surface area contributed by atoms with Crippen LogP contribution in [0.3, 0.4) is 0 Å². The molecule has 1 saturated heterocycles. The van der Waals surface area contributed by atoms with E-state index in [0.717, 1.165) is 44.2 Å². The molecule has 20 heavy (non-hydrogen) atoms. The van der Waals surface area contributed by atoms with Crippen LogP contribution < -0.4 is 0 Å². The molecule has 4 heteroatoms. The summed E-state index contributed by atoms with van der Waals surface area (Å²) in [7, 11) is 2.08. The Morgan fingerprint density at radius 2 is 2.40 bits per heavy atom. The van der Waals surface area contributed by atoms with Crippen LogP contribution in [-0.2, 0) is 16.1 Å². The van der Waals surface area contributed by atoms with Crippen molar-refractivity contribution in [1.29, 1.82) is 0 Å². The Bertz CT molecular complexity index is 478. The van der Waals surface area contributed by atoms with Crippen LogP contribution in [0.2, 0.25) is 0 Å². The normalized spacial score (nSPS) is 19.0. The summed E-state index contributed by atoms with van der Waals surface area (Å²) < 4.78 is 5.63. The highest BCUT2D eigenvalue weighted by Gasteiger charge is 2.17. The highest BCUT2D eigenvalue weighted by molar-refractivity contribution is 5.85. The van der Waals surface area contributed by atoms with Gasteiger partial charge in [-0.25, -0.2) is 4.79 Å². The SMILES string of the molecule is CN(Cc1cccc(C=CC(=O)O)c1)CC1CCCO1. The van der Waals surface area contributed by atoms with Crippen LogP contribution in [0.4, 0.5) is 0 Å². The number of likely N-dealkylation sites (N-methyl/N-ethyl adjacent to an activating group) is 1. The van der Waals surface area contributed by atoms with Crippen LogP contribution in [0.5, 0.6) is 0 Å². The van der Waals surface area contributed by atoms with E-state index in [-0.39, 0.29) is 0 Å². The zero-order valence-corrected chi connectivity index (χ0v) is 11.8. The fourth-order valence-corrected chi connectivity index (χ4v) is 2.47. The van der Waals surface area contributed by atoms with Crippen molar-refractivity contribution in [1.82, 2.24) is 4.90 Å². The molecule has 1 atom stereocenters. The standard InChI is InChI=1S/C16H21NO3/c1-17(12-15-6-3-9-20-15)11-14-5-2-4-13(10-14)7-8-16(18)19/h2,4-5,7-8,10,15H,3,6,9,11-12H2,1H3,(H,18,19). The lowest BCUT2D eigenvalue weighted by Gasteiger charge is -2.20. The van der Waals surface area contributed by atoms with Gasteiger partial charge in [-0.15, -0.1) is 0 Å². The maximum Gasteiger partial charge on any atom is 0.328 e. The van der Waals surface area contributed by atoms with E-state index in [9.17, 15) is 4.79 Å². The zero-order valence-electron chi connectivity index (χ0n) is 11.8. The van der Waals surface area contributed by atoms with Crippen LogP contribution in [0.1, 0.15) is 24.0 Å². The van der Waals surface area contributed by atoms with Crippen molar-refractivity contribution >= 4 is 12.0 Å². The molecule has 1 fully saturated rings. The molecule has 1 aromatic rings. The van der Waals surface area contributed by atoms with E-state index in [1.807, 2.05) is 18.2 Å². The summed E-state index contributed by atoms with van der Waals surface area (Å²) in [6, 6.07) is 7.94. The molecule has 0 amide bonds. The summed E-state index contributed by atoms with van der Waals surface area (Å²) in [6.45, 7) is 2.66. The van der Waals surface area contributed by atoms with Crippen molar-refractivity contribution < 1.29 is 14.6 Å². The summed E-state index contributed by atoms with van der Waals surface area (Å²) in [5.41, 5.74) is 2.09. The third-order valence-electron chi connectivity index (χ3n) is 3.36. The number of aliphatic carboxylic acids is 1. The summed E-state index contributed by atoms with van der Waals surface area (Å²) in [4.78, 5) is 12.8. The number of carboxylic acid groups (broad SMARTS) is 1. The van der Waals surface area contributed by atoms with Gasteiger partial charge >= 0.3 is 5.97 Å². The van der Waals surface area contributed by atoms with Gasteiger partial charge in [0.2, 0.25) is 0 Å². The lowest BCUT2D eigenvalue weighted by Crippen LogP contribution is -2.28. The summed E-state index contributed by atoms with van der Waals surface area (Å²) in [5, 5.41) is 8.64. The van der Waals surface area contributed by atoms with E-state index in [4.69, 9.17) is 9.84 Å². The quantitative estimate of drug-likeness (QED) is 0.810. The monoisotopic (exact) mass is 275 g/mol.